The molecule has 2 saturated heterocycles. The number of hydrogen-bond acceptors (Lipinski definition) is 14. The minimum Gasteiger partial charge on any atom is -0.459 e. The fourth-order valence-electron chi connectivity index (χ4n) is 8.70. The van der Waals surface area contributed by atoms with E-state index >= 15 is 0 Å². The van der Waals surface area contributed by atoms with Crippen molar-refractivity contribution in [3.63, 3.8) is 0 Å². The van der Waals surface area contributed by atoms with Gasteiger partial charge in [0.05, 0.1) is 42.0 Å². The van der Waals surface area contributed by atoms with Crippen LogP contribution >= 0.6 is 0 Å². The maximum atomic E-state index is 14.6. The summed E-state index contributed by atoms with van der Waals surface area (Å²) in [5.74, 6) is -4.19. The summed E-state index contributed by atoms with van der Waals surface area (Å²) in [6.07, 6.45) is -2.97. The van der Waals surface area contributed by atoms with Crippen molar-refractivity contribution in [1.82, 2.24) is 25.3 Å². The molecule has 0 spiro atoms. The van der Waals surface area contributed by atoms with Gasteiger partial charge in [-0.2, -0.15) is 0 Å². The maximum absolute atomic E-state index is 14.6. The fraction of sp³-hybridized carbons (Fsp3) is 0.750. The molecule has 60 heavy (non-hydrogen) atoms. The van der Waals surface area contributed by atoms with Crippen LogP contribution in [0.4, 0.5) is 0 Å². The molecule has 3 rings (SSSR count). The van der Waals surface area contributed by atoms with Crippen LogP contribution in [0.25, 0.3) is 0 Å². The quantitative estimate of drug-likeness (QED) is 0.159. The standard InChI is InChI=1S/C44H73N5O11/c1-15-34-44(7,56-14)38(46-26-50)30(5)45-23-27(2)22-43(6,55-13)39(28(3)36(52)29(4)40(53)58-34)60-42-37(59-41(54)31-19-17-16-18-20-31)33(48(10)11)21-32(57-42)24-49(12)35(51)25-47(8)9/h16-20,26-30,32-34,37-39,42,45H,15,21-25H2,1-14H3,(H,46,50)/t27-,28+,29?,30-,32+,33?,34-,37-,38-,39-,42+,43-,44-/m1/s1. The number of carbonyl (C=O) groups excluding carboxylic acids is 5. The molecular formula is C44H73N5O11. The number of rotatable bonds is 14. The molecule has 0 bridgehead atoms. The molecule has 1 aromatic rings. The Balaban J connectivity index is 2.17. The molecule has 2 unspecified atom stereocenters. The Bertz CT molecular complexity index is 1570. The number of likely N-dealkylation sites (N-methyl/N-ethyl adjacent to an activating group) is 3. The molecule has 13 atom stereocenters. The SMILES string of the molecule is CC[C@H]1OC(=O)C(C)C(=O)[C@H](C)[C@@H](O[C@@H]2O[C@H](CN(C)C(=O)CN(C)C)CC(N(C)C)[C@H]2OC(=O)c2ccccc2)[C@](C)(OC)C[C@@H](C)CN[C@H](C)[C@@H](NC=O)[C@]1(C)OC. The van der Waals surface area contributed by atoms with Gasteiger partial charge in [-0.3, -0.25) is 19.2 Å². The Morgan fingerprint density at radius 2 is 1.65 bits per heavy atom. The van der Waals surface area contributed by atoms with E-state index < -0.39 is 83.5 Å². The van der Waals surface area contributed by atoms with Gasteiger partial charge in [0.1, 0.15) is 17.6 Å². The van der Waals surface area contributed by atoms with Crippen molar-refractivity contribution in [2.24, 2.45) is 17.8 Å². The van der Waals surface area contributed by atoms with Gasteiger partial charge in [-0.1, -0.05) is 39.0 Å². The van der Waals surface area contributed by atoms with E-state index in [1.54, 1.807) is 68.1 Å². The summed E-state index contributed by atoms with van der Waals surface area (Å²) >= 11 is 0. The molecule has 0 aliphatic carbocycles. The Labute approximate surface area is 357 Å². The van der Waals surface area contributed by atoms with Gasteiger partial charge in [0.2, 0.25) is 12.3 Å². The van der Waals surface area contributed by atoms with Gasteiger partial charge in [0.25, 0.3) is 0 Å². The number of ketones is 1. The first-order valence-electron chi connectivity index (χ1n) is 21.1. The Kier molecular flexibility index (Phi) is 19.1. The molecule has 0 radical (unpaired) electrons. The number of nitrogens with one attached hydrogen (secondary N) is 2. The van der Waals surface area contributed by atoms with Gasteiger partial charge in [-0.15, -0.1) is 0 Å². The van der Waals surface area contributed by atoms with Crippen LogP contribution in [-0.2, 0) is 47.6 Å². The minimum absolute atomic E-state index is 0.0866. The largest absolute Gasteiger partial charge is 0.459 e. The highest BCUT2D eigenvalue weighted by molar-refractivity contribution is 6.00. The van der Waals surface area contributed by atoms with Crippen LogP contribution in [0, 0.1) is 17.8 Å². The third-order valence-corrected chi connectivity index (χ3v) is 12.4. The number of amides is 2. The number of nitrogens with zero attached hydrogens (tertiary/aromatic N) is 3. The van der Waals surface area contributed by atoms with E-state index in [1.807, 2.05) is 60.8 Å². The molecule has 16 nitrogen and oxygen atoms in total. The smallest absolute Gasteiger partial charge is 0.338 e. The van der Waals surface area contributed by atoms with Crippen LogP contribution in [0.15, 0.2) is 30.3 Å². The summed E-state index contributed by atoms with van der Waals surface area (Å²) in [6, 6.07) is 7.21. The lowest BCUT2D eigenvalue weighted by Crippen LogP contribution is -2.65. The number of Topliss-reactive ketones (excluding diaryl/α,β-unsaturated/α-hetero) is 1. The summed E-state index contributed by atoms with van der Waals surface area (Å²) < 4.78 is 38.5. The molecule has 1 aromatic carbocycles. The Morgan fingerprint density at radius 3 is 2.20 bits per heavy atom. The predicted octanol–water partition coefficient (Wildman–Crippen LogP) is 2.77. The molecular weight excluding hydrogens is 775 g/mol. The molecule has 340 valence electrons. The highest BCUT2D eigenvalue weighted by Crippen LogP contribution is 2.38. The van der Waals surface area contributed by atoms with Crippen LogP contribution in [0.1, 0.15) is 78.1 Å². The number of hydrogen-bond donors (Lipinski definition) is 2. The van der Waals surface area contributed by atoms with Gasteiger partial charge in [0.15, 0.2) is 18.2 Å². The zero-order chi connectivity index (χ0) is 45.1. The Morgan fingerprint density at radius 1 is 1.00 bits per heavy atom. The van der Waals surface area contributed by atoms with E-state index in [9.17, 15) is 24.0 Å². The first-order chi connectivity index (χ1) is 28.2. The monoisotopic (exact) mass is 848 g/mol. The minimum atomic E-state index is -1.24. The topological polar surface area (TPSA) is 175 Å². The summed E-state index contributed by atoms with van der Waals surface area (Å²) in [6.45, 7) is 13.5. The van der Waals surface area contributed by atoms with Gasteiger partial charge in [-0.25, -0.2) is 4.79 Å². The van der Waals surface area contributed by atoms with Crippen molar-refractivity contribution in [2.45, 2.75) is 128 Å². The van der Waals surface area contributed by atoms with Gasteiger partial charge in [-0.05, 0) is 99.7 Å². The van der Waals surface area contributed by atoms with Gasteiger partial charge < -0.3 is 53.8 Å². The normalized spacial score (nSPS) is 34.9. The van der Waals surface area contributed by atoms with E-state index in [-0.39, 0.29) is 31.0 Å². The molecule has 2 aliphatic rings. The second kappa shape index (κ2) is 22.5. The average Bonchev–Trinajstić information content (AvgIpc) is 3.21. The van der Waals surface area contributed by atoms with Crippen molar-refractivity contribution in [3.8, 4) is 0 Å². The third-order valence-electron chi connectivity index (χ3n) is 12.4. The number of esters is 2. The van der Waals surface area contributed by atoms with E-state index in [0.29, 0.717) is 37.8 Å². The predicted molar refractivity (Wildman–Crippen MR) is 226 cm³/mol. The highest BCUT2D eigenvalue weighted by atomic mass is 16.7. The molecule has 2 aliphatic heterocycles. The van der Waals surface area contributed by atoms with Gasteiger partial charge >= 0.3 is 11.9 Å². The first kappa shape index (κ1) is 50.8. The lowest BCUT2D eigenvalue weighted by atomic mass is 9.78. The number of ether oxygens (including phenoxy) is 6. The lowest BCUT2D eigenvalue weighted by molar-refractivity contribution is -0.297. The van der Waals surface area contributed by atoms with Crippen LogP contribution in [0.3, 0.4) is 0 Å². The summed E-state index contributed by atoms with van der Waals surface area (Å²) in [7, 11) is 12.2. The molecule has 2 amide bonds. The number of benzene rings is 1. The summed E-state index contributed by atoms with van der Waals surface area (Å²) in [5, 5.41) is 6.44. The van der Waals surface area contributed by atoms with E-state index in [4.69, 9.17) is 28.4 Å². The molecule has 2 heterocycles. The summed E-state index contributed by atoms with van der Waals surface area (Å²) in [5.41, 5.74) is -2.00. The van der Waals surface area contributed by atoms with Crippen LogP contribution in [0.2, 0.25) is 0 Å². The van der Waals surface area contributed by atoms with Crippen molar-refractivity contribution >= 4 is 30.0 Å². The third kappa shape index (κ3) is 12.5. The number of methoxy groups -OCH3 is 2. The van der Waals surface area contributed by atoms with Gasteiger partial charge in [0, 0.05) is 39.8 Å². The van der Waals surface area contributed by atoms with Crippen molar-refractivity contribution in [1.29, 1.82) is 0 Å². The van der Waals surface area contributed by atoms with E-state index in [1.165, 1.54) is 14.0 Å². The molecule has 2 N–H and O–H groups in total. The van der Waals surface area contributed by atoms with Crippen molar-refractivity contribution in [2.75, 3.05) is 69.1 Å². The zero-order valence-corrected chi connectivity index (χ0v) is 38.4. The average molecular weight is 848 g/mol. The lowest BCUT2D eigenvalue weighted by Gasteiger charge is -2.48. The number of carbonyl (C=O) groups is 5. The van der Waals surface area contributed by atoms with E-state index in [2.05, 4.69) is 10.6 Å². The fourth-order valence-corrected chi connectivity index (χ4v) is 8.70. The Hall–Kier alpha value is -3.51. The van der Waals surface area contributed by atoms with Crippen LogP contribution in [0.5, 0.6) is 0 Å². The number of cyclic esters (lactones) is 1. The van der Waals surface area contributed by atoms with E-state index in [0.717, 1.165) is 0 Å². The second-order valence-corrected chi connectivity index (χ2v) is 17.6. The second-order valence-electron chi connectivity index (χ2n) is 17.6. The van der Waals surface area contributed by atoms with Crippen LogP contribution in [-0.4, -0.2) is 174 Å². The van der Waals surface area contributed by atoms with Crippen molar-refractivity contribution < 1.29 is 52.4 Å². The van der Waals surface area contributed by atoms with Crippen LogP contribution < -0.4 is 10.6 Å². The van der Waals surface area contributed by atoms with Crippen molar-refractivity contribution in [3.05, 3.63) is 35.9 Å². The summed E-state index contributed by atoms with van der Waals surface area (Å²) in [4.78, 5) is 72.8. The molecule has 0 aromatic heterocycles. The molecule has 0 saturated carbocycles. The maximum Gasteiger partial charge on any atom is 0.338 e. The first-order valence-corrected chi connectivity index (χ1v) is 21.1. The zero-order valence-electron chi connectivity index (χ0n) is 38.4. The molecule has 16 heteroatoms. The molecule has 2 fully saturated rings. The highest BCUT2D eigenvalue weighted by Gasteiger charge is 2.52.